The third-order valence-corrected chi connectivity index (χ3v) is 3.26. The van der Waals surface area contributed by atoms with E-state index in [1.54, 1.807) is 0 Å². The molecule has 2 atom stereocenters. The number of benzene rings is 1. The summed E-state index contributed by atoms with van der Waals surface area (Å²) in [6, 6.07) is 5.59. The number of nitro benzene ring substituents is 1. The number of hydrogen-bond acceptors (Lipinski definition) is 7. The maximum absolute atomic E-state index is 11.2. The Morgan fingerprint density at radius 1 is 1.41 bits per heavy atom. The summed E-state index contributed by atoms with van der Waals surface area (Å²) in [5, 5.41) is 31.4. The first-order chi connectivity index (χ1) is 10.5. The molecule has 8 nitrogen and oxygen atoms in total. The molecule has 0 radical (unpaired) electrons. The average Bonchev–Trinajstić information content (AvgIpc) is 2.52. The van der Waals surface area contributed by atoms with Crippen molar-refractivity contribution in [1.82, 2.24) is 4.98 Å². The van der Waals surface area contributed by atoms with Crippen molar-refractivity contribution in [3.63, 3.8) is 0 Å². The van der Waals surface area contributed by atoms with Gasteiger partial charge in [0.2, 0.25) is 0 Å². The molecule has 0 amide bonds. The lowest BCUT2D eigenvalue weighted by Crippen LogP contribution is -2.23. The molecule has 2 rings (SSSR count). The smallest absolute Gasteiger partial charge is 0.308 e. The average molecular weight is 306 g/mol. The number of fused-ring (bicyclic) bond motifs is 1. The number of methoxy groups -OCH3 is 1. The highest BCUT2D eigenvalue weighted by Crippen LogP contribution is 2.31. The minimum atomic E-state index is -1.42. The van der Waals surface area contributed by atoms with Gasteiger partial charge in [-0.3, -0.25) is 19.9 Å². The summed E-state index contributed by atoms with van der Waals surface area (Å²) in [5.74, 6) is -0.675. The van der Waals surface area contributed by atoms with Crippen LogP contribution < -0.4 is 0 Å². The minimum absolute atomic E-state index is 0.151. The molecule has 0 fully saturated rings. The number of rotatable bonds is 5. The summed E-state index contributed by atoms with van der Waals surface area (Å²) in [5.41, 5.74) is 0.257. The first-order valence-corrected chi connectivity index (χ1v) is 6.40. The lowest BCUT2D eigenvalue weighted by atomic mass is 9.98. The number of aliphatic hydroxyl groups is 2. The van der Waals surface area contributed by atoms with Crippen LogP contribution in [-0.4, -0.2) is 39.3 Å². The van der Waals surface area contributed by atoms with Crippen molar-refractivity contribution < 1.29 is 24.7 Å². The second-order valence-electron chi connectivity index (χ2n) is 4.62. The van der Waals surface area contributed by atoms with E-state index in [4.69, 9.17) is 0 Å². The number of hydrogen-bond donors (Lipinski definition) is 2. The number of aromatic nitrogens is 1. The Morgan fingerprint density at radius 2 is 2.14 bits per heavy atom. The van der Waals surface area contributed by atoms with Gasteiger partial charge in [-0.25, -0.2) is 0 Å². The van der Waals surface area contributed by atoms with Gasteiger partial charge in [0.25, 0.3) is 5.69 Å². The highest BCUT2D eigenvalue weighted by molar-refractivity contribution is 5.90. The Bertz CT molecular complexity index is 718. The van der Waals surface area contributed by atoms with Crippen LogP contribution in [0.25, 0.3) is 10.9 Å². The molecule has 1 aromatic heterocycles. The normalized spacial score (nSPS) is 13.6. The first kappa shape index (κ1) is 15.8. The second kappa shape index (κ2) is 6.46. The highest BCUT2D eigenvalue weighted by atomic mass is 16.6. The summed E-state index contributed by atoms with van der Waals surface area (Å²) in [6.07, 6.45) is -1.80. The van der Waals surface area contributed by atoms with Gasteiger partial charge in [0.05, 0.1) is 35.5 Å². The lowest BCUT2D eigenvalue weighted by molar-refractivity contribution is -0.383. The number of esters is 1. The van der Waals surface area contributed by atoms with Crippen LogP contribution in [0.4, 0.5) is 5.69 Å². The molecule has 0 saturated heterocycles. The lowest BCUT2D eigenvalue weighted by Gasteiger charge is -2.18. The standard InChI is InChI=1S/C14H14N2O6/c1-22-12(18)7-11(17)14(19)9-4-5-10(16(20)21)8-3-2-6-15-13(8)9/h2-6,11,14,17,19H,7H2,1H3. The van der Waals surface area contributed by atoms with Crippen LogP contribution in [0, 0.1) is 10.1 Å². The Kier molecular flexibility index (Phi) is 4.64. The van der Waals surface area contributed by atoms with Crippen LogP contribution in [0.2, 0.25) is 0 Å². The zero-order chi connectivity index (χ0) is 16.3. The van der Waals surface area contributed by atoms with Gasteiger partial charge in [-0.15, -0.1) is 0 Å². The van der Waals surface area contributed by atoms with Gasteiger partial charge in [0, 0.05) is 17.8 Å². The zero-order valence-electron chi connectivity index (χ0n) is 11.7. The third kappa shape index (κ3) is 3.02. The summed E-state index contributed by atoms with van der Waals surface area (Å²) in [7, 11) is 1.17. The molecule has 2 aromatic rings. The molecule has 116 valence electrons. The van der Waals surface area contributed by atoms with E-state index in [1.807, 2.05) is 0 Å². The molecule has 0 aliphatic heterocycles. The Hall–Kier alpha value is -2.58. The van der Waals surface area contributed by atoms with Gasteiger partial charge in [-0.1, -0.05) is 0 Å². The van der Waals surface area contributed by atoms with E-state index in [1.165, 1.54) is 37.6 Å². The predicted octanol–water partition coefficient (Wildman–Crippen LogP) is 1.10. The zero-order valence-corrected chi connectivity index (χ0v) is 11.7. The molecular formula is C14H14N2O6. The SMILES string of the molecule is COC(=O)CC(O)C(O)c1ccc([N+](=O)[O-])c2cccnc12. The summed E-state index contributed by atoms with van der Waals surface area (Å²) in [4.78, 5) is 25.7. The molecule has 0 spiro atoms. The number of carbonyl (C=O) groups excluding carboxylic acids is 1. The molecule has 1 heterocycles. The molecule has 2 N–H and O–H groups in total. The fraction of sp³-hybridized carbons (Fsp3) is 0.286. The van der Waals surface area contributed by atoms with E-state index in [0.717, 1.165) is 0 Å². The molecule has 0 bridgehead atoms. The largest absolute Gasteiger partial charge is 0.469 e. The van der Waals surface area contributed by atoms with E-state index >= 15 is 0 Å². The maximum atomic E-state index is 11.2. The highest BCUT2D eigenvalue weighted by Gasteiger charge is 2.26. The Balaban J connectivity index is 2.46. The number of nitrogens with zero attached hydrogens (tertiary/aromatic N) is 2. The van der Waals surface area contributed by atoms with Crippen molar-refractivity contribution in [3.8, 4) is 0 Å². The van der Waals surface area contributed by atoms with Crippen LogP contribution in [0.1, 0.15) is 18.1 Å². The molecule has 0 aliphatic rings. The monoisotopic (exact) mass is 306 g/mol. The van der Waals surface area contributed by atoms with E-state index in [0.29, 0.717) is 0 Å². The molecule has 22 heavy (non-hydrogen) atoms. The van der Waals surface area contributed by atoms with Crippen molar-refractivity contribution in [1.29, 1.82) is 0 Å². The fourth-order valence-electron chi connectivity index (χ4n) is 2.15. The Labute approximate surface area is 125 Å². The molecule has 0 saturated carbocycles. The molecule has 0 aliphatic carbocycles. The van der Waals surface area contributed by atoms with Crippen LogP contribution in [0.5, 0.6) is 0 Å². The second-order valence-corrected chi connectivity index (χ2v) is 4.62. The molecule has 8 heteroatoms. The van der Waals surface area contributed by atoms with Crippen LogP contribution in [-0.2, 0) is 9.53 Å². The van der Waals surface area contributed by atoms with E-state index < -0.39 is 29.5 Å². The number of nitro groups is 1. The first-order valence-electron chi connectivity index (χ1n) is 6.40. The third-order valence-electron chi connectivity index (χ3n) is 3.26. The topological polar surface area (TPSA) is 123 Å². The fourth-order valence-corrected chi connectivity index (χ4v) is 2.15. The van der Waals surface area contributed by atoms with Crippen LogP contribution in [0.3, 0.4) is 0 Å². The van der Waals surface area contributed by atoms with Crippen LogP contribution >= 0.6 is 0 Å². The molecule has 1 aromatic carbocycles. The summed E-state index contributed by atoms with van der Waals surface area (Å²) < 4.78 is 4.43. The van der Waals surface area contributed by atoms with Gasteiger partial charge < -0.3 is 14.9 Å². The molecular weight excluding hydrogens is 292 g/mol. The van der Waals surface area contributed by atoms with Crippen molar-refractivity contribution in [2.24, 2.45) is 0 Å². The van der Waals surface area contributed by atoms with E-state index in [-0.39, 0.29) is 22.2 Å². The summed E-state index contributed by atoms with van der Waals surface area (Å²) in [6.45, 7) is 0. The van der Waals surface area contributed by atoms with Crippen molar-refractivity contribution in [2.75, 3.05) is 7.11 Å². The Morgan fingerprint density at radius 3 is 2.77 bits per heavy atom. The number of pyridine rings is 1. The predicted molar refractivity (Wildman–Crippen MR) is 76.0 cm³/mol. The van der Waals surface area contributed by atoms with E-state index in [9.17, 15) is 25.1 Å². The van der Waals surface area contributed by atoms with Gasteiger partial charge in [0.1, 0.15) is 6.10 Å². The van der Waals surface area contributed by atoms with Crippen molar-refractivity contribution in [2.45, 2.75) is 18.6 Å². The quantitative estimate of drug-likeness (QED) is 0.481. The minimum Gasteiger partial charge on any atom is -0.469 e. The van der Waals surface area contributed by atoms with Gasteiger partial charge in [-0.05, 0) is 18.2 Å². The van der Waals surface area contributed by atoms with Crippen molar-refractivity contribution in [3.05, 3.63) is 46.1 Å². The van der Waals surface area contributed by atoms with Gasteiger partial charge >= 0.3 is 5.97 Å². The number of carbonyl (C=O) groups is 1. The van der Waals surface area contributed by atoms with Crippen molar-refractivity contribution >= 4 is 22.6 Å². The summed E-state index contributed by atoms with van der Waals surface area (Å²) >= 11 is 0. The number of aliphatic hydroxyl groups excluding tert-OH is 2. The van der Waals surface area contributed by atoms with E-state index in [2.05, 4.69) is 9.72 Å². The van der Waals surface area contributed by atoms with Gasteiger partial charge in [0.15, 0.2) is 0 Å². The molecule has 2 unspecified atom stereocenters. The maximum Gasteiger partial charge on any atom is 0.308 e. The number of ether oxygens (including phenoxy) is 1. The number of non-ortho nitro benzene ring substituents is 1. The van der Waals surface area contributed by atoms with Gasteiger partial charge in [-0.2, -0.15) is 0 Å². The van der Waals surface area contributed by atoms with Crippen LogP contribution in [0.15, 0.2) is 30.5 Å².